The Morgan fingerprint density at radius 3 is 2.27 bits per heavy atom. The molecular weight excluding hydrogens is 196 g/mol. The number of ether oxygens (including phenoxy) is 2. The Bertz CT molecular complexity index is 250. The molecule has 0 aliphatic heterocycles. The largest absolute Gasteiger partial charge is 0.460 e. The van der Waals surface area contributed by atoms with E-state index in [1.807, 2.05) is 0 Å². The maximum atomic E-state index is 11.2. The van der Waals surface area contributed by atoms with Gasteiger partial charge in [-0.2, -0.15) is 0 Å². The van der Waals surface area contributed by atoms with E-state index in [0.29, 0.717) is 0 Å². The summed E-state index contributed by atoms with van der Waals surface area (Å²) in [6.45, 7) is 10.3. The Labute approximate surface area is 90.2 Å². The fourth-order valence-electron chi connectivity index (χ4n) is 0.793. The van der Waals surface area contributed by atoms with Crippen molar-refractivity contribution in [2.24, 2.45) is 0 Å². The molecule has 15 heavy (non-hydrogen) atoms. The van der Waals surface area contributed by atoms with Crippen molar-refractivity contribution in [2.75, 3.05) is 0 Å². The second-order valence-corrected chi connectivity index (χ2v) is 4.19. The van der Waals surface area contributed by atoms with E-state index in [0.717, 1.165) is 0 Å². The van der Waals surface area contributed by atoms with Gasteiger partial charge in [-0.05, 0) is 27.7 Å². The van der Waals surface area contributed by atoms with Gasteiger partial charge < -0.3 is 9.47 Å². The molecule has 0 amide bonds. The van der Waals surface area contributed by atoms with Gasteiger partial charge in [-0.15, -0.1) is 0 Å². The quantitative estimate of drug-likeness (QED) is 0.407. The predicted molar refractivity (Wildman–Crippen MR) is 56.2 cm³/mol. The summed E-state index contributed by atoms with van der Waals surface area (Å²) in [5.41, 5.74) is -0.582. The van der Waals surface area contributed by atoms with Crippen LogP contribution in [0.25, 0.3) is 0 Å². The average molecular weight is 214 g/mol. The van der Waals surface area contributed by atoms with Crippen LogP contribution in [0.5, 0.6) is 0 Å². The third-order valence-corrected chi connectivity index (χ3v) is 1.36. The molecule has 1 unspecified atom stereocenters. The van der Waals surface area contributed by atoms with Gasteiger partial charge in [-0.1, -0.05) is 12.7 Å². The van der Waals surface area contributed by atoms with Gasteiger partial charge >= 0.3 is 11.9 Å². The van der Waals surface area contributed by atoms with Crippen molar-refractivity contribution in [1.82, 2.24) is 0 Å². The van der Waals surface area contributed by atoms with Crippen molar-refractivity contribution in [1.29, 1.82) is 0 Å². The second kappa shape index (κ2) is 5.53. The normalized spacial score (nSPS) is 12.8. The molecule has 0 N–H and O–H groups in total. The summed E-state index contributed by atoms with van der Waals surface area (Å²) in [6.07, 6.45) is 0.725. The van der Waals surface area contributed by atoms with Crippen LogP contribution in [-0.2, 0) is 19.1 Å². The Balaban J connectivity index is 3.97. The van der Waals surface area contributed by atoms with Gasteiger partial charge in [0.1, 0.15) is 18.1 Å². The standard InChI is InChI=1S/C11H18O4/c1-6-8(2)14-9(12)7-10(13)15-11(3,4)5/h6,8H,1,7H2,2-5H3. The topological polar surface area (TPSA) is 52.6 Å². The van der Waals surface area contributed by atoms with Crippen molar-refractivity contribution in [3.63, 3.8) is 0 Å². The van der Waals surface area contributed by atoms with E-state index in [1.54, 1.807) is 27.7 Å². The molecule has 0 aliphatic rings. The second-order valence-electron chi connectivity index (χ2n) is 4.19. The summed E-state index contributed by atoms with van der Waals surface area (Å²) in [4.78, 5) is 22.3. The van der Waals surface area contributed by atoms with Gasteiger partial charge in [0.2, 0.25) is 0 Å². The SMILES string of the molecule is C=CC(C)OC(=O)CC(=O)OC(C)(C)C. The molecule has 4 heteroatoms. The number of carbonyl (C=O) groups excluding carboxylic acids is 2. The first kappa shape index (κ1) is 13.7. The van der Waals surface area contributed by atoms with Crippen LogP contribution in [0.3, 0.4) is 0 Å². The maximum Gasteiger partial charge on any atom is 0.317 e. The van der Waals surface area contributed by atoms with Crippen molar-refractivity contribution < 1.29 is 19.1 Å². The molecule has 0 aliphatic carbocycles. The lowest BCUT2D eigenvalue weighted by Gasteiger charge is -2.19. The van der Waals surface area contributed by atoms with Crippen LogP contribution in [0.1, 0.15) is 34.1 Å². The van der Waals surface area contributed by atoms with Gasteiger partial charge in [0.25, 0.3) is 0 Å². The van der Waals surface area contributed by atoms with Crippen molar-refractivity contribution in [3.8, 4) is 0 Å². The van der Waals surface area contributed by atoms with E-state index < -0.39 is 17.5 Å². The van der Waals surface area contributed by atoms with Gasteiger partial charge in [0.15, 0.2) is 0 Å². The number of esters is 2. The average Bonchev–Trinajstić information content (AvgIpc) is 1.99. The summed E-state index contributed by atoms with van der Waals surface area (Å²) in [5, 5.41) is 0. The van der Waals surface area contributed by atoms with E-state index in [9.17, 15) is 9.59 Å². The highest BCUT2D eigenvalue weighted by Gasteiger charge is 2.20. The van der Waals surface area contributed by atoms with Crippen LogP contribution in [0.4, 0.5) is 0 Å². The summed E-state index contributed by atoms with van der Waals surface area (Å²) in [6, 6.07) is 0. The number of hydrogen-bond donors (Lipinski definition) is 0. The van der Waals surface area contributed by atoms with E-state index in [4.69, 9.17) is 9.47 Å². The zero-order chi connectivity index (χ0) is 12.1. The van der Waals surface area contributed by atoms with Crippen LogP contribution in [0.2, 0.25) is 0 Å². The summed E-state index contributed by atoms with van der Waals surface area (Å²) in [5.74, 6) is -1.18. The minimum absolute atomic E-state index is 0.366. The van der Waals surface area contributed by atoms with Crippen molar-refractivity contribution in [3.05, 3.63) is 12.7 Å². The molecule has 86 valence electrons. The van der Waals surface area contributed by atoms with E-state index in [2.05, 4.69) is 6.58 Å². The zero-order valence-corrected chi connectivity index (χ0v) is 9.70. The fraction of sp³-hybridized carbons (Fsp3) is 0.636. The first-order valence-corrected chi connectivity index (χ1v) is 4.78. The number of hydrogen-bond acceptors (Lipinski definition) is 4. The van der Waals surface area contributed by atoms with Gasteiger partial charge in [0, 0.05) is 0 Å². The van der Waals surface area contributed by atoms with Crippen LogP contribution in [0.15, 0.2) is 12.7 Å². The predicted octanol–water partition coefficient (Wildman–Crippen LogP) is 1.84. The Hall–Kier alpha value is -1.32. The monoisotopic (exact) mass is 214 g/mol. The molecule has 0 fully saturated rings. The minimum atomic E-state index is -0.600. The smallest absolute Gasteiger partial charge is 0.317 e. The molecular formula is C11H18O4. The van der Waals surface area contributed by atoms with Crippen LogP contribution < -0.4 is 0 Å². The van der Waals surface area contributed by atoms with E-state index >= 15 is 0 Å². The lowest BCUT2D eigenvalue weighted by molar-refractivity contribution is -0.162. The van der Waals surface area contributed by atoms with Gasteiger partial charge in [-0.25, -0.2) is 0 Å². The molecule has 0 radical (unpaired) electrons. The fourth-order valence-corrected chi connectivity index (χ4v) is 0.793. The van der Waals surface area contributed by atoms with Crippen molar-refractivity contribution >= 4 is 11.9 Å². The van der Waals surface area contributed by atoms with Crippen molar-refractivity contribution in [2.45, 2.75) is 45.8 Å². The third-order valence-electron chi connectivity index (χ3n) is 1.36. The number of carbonyl (C=O) groups is 2. The van der Waals surface area contributed by atoms with Crippen LogP contribution >= 0.6 is 0 Å². The molecule has 1 atom stereocenters. The summed E-state index contributed by atoms with van der Waals surface area (Å²) < 4.78 is 9.78. The van der Waals surface area contributed by atoms with E-state index in [1.165, 1.54) is 6.08 Å². The Morgan fingerprint density at radius 1 is 1.33 bits per heavy atom. The molecule has 0 saturated heterocycles. The first-order chi connectivity index (χ1) is 6.74. The third kappa shape index (κ3) is 7.73. The summed E-state index contributed by atoms with van der Waals surface area (Å²) >= 11 is 0. The minimum Gasteiger partial charge on any atom is -0.460 e. The molecule has 0 aromatic heterocycles. The highest BCUT2D eigenvalue weighted by Crippen LogP contribution is 2.08. The molecule has 0 aromatic rings. The molecule has 0 bridgehead atoms. The summed E-state index contributed by atoms with van der Waals surface area (Å²) in [7, 11) is 0. The molecule has 0 spiro atoms. The molecule has 0 aromatic carbocycles. The Morgan fingerprint density at radius 2 is 1.87 bits per heavy atom. The molecule has 0 heterocycles. The van der Waals surface area contributed by atoms with Gasteiger partial charge in [0.05, 0.1) is 0 Å². The highest BCUT2D eigenvalue weighted by atomic mass is 16.6. The van der Waals surface area contributed by atoms with Gasteiger partial charge in [-0.3, -0.25) is 9.59 Å². The lowest BCUT2D eigenvalue weighted by atomic mass is 10.2. The first-order valence-electron chi connectivity index (χ1n) is 4.78. The van der Waals surface area contributed by atoms with Crippen LogP contribution in [-0.4, -0.2) is 23.6 Å². The highest BCUT2D eigenvalue weighted by molar-refractivity contribution is 5.91. The lowest BCUT2D eigenvalue weighted by Crippen LogP contribution is -2.26. The molecule has 0 saturated carbocycles. The zero-order valence-electron chi connectivity index (χ0n) is 9.70. The maximum absolute atomic E-state index is 11.2. The van der Waals surface area contributed by atoms with E-state index in [-0.39, 0.29) is 12.5 Å². The number of rotatable bonds is 4. The molecule has 4 nitrogen and oxygen atoms in total. The molecule has 0 rings (SSSR count). The van der Waals surface area contributed by atoms with Crippen LogP contribution in [0, 0.1) is 0 Å². The Kier molecular flexibility index (Phi) is 5.05.